The molecule has 7 nitrogen and oxygen atoms in total. The van der Waals surface area contributed by atoms with Crippen LogP contribution in [0.2, 0.25) is 0 Å². The van der Waals surface area contributed by atoms with Crippen molar-refractivity contribution in [2.45, 2.75) is 12.8 Å². The number of amides is 1. The normalized spacial score (nSPS) is 11.4. The van der Waals surface area contributed by atoms with E-state index in [0.29, 0.717) is 17.0 Å². The van der Waals surface area contributed by atoms with E-state index in [-0.39, 0.29) is 17.7 Å². The van der Waals surface area contributed by atoms with Crippen LogP contribution in [0.4, 0.5) is 0 Å². The van der Waals surface area contributed by atoms with E-state index < -0.39 is 17.8 Å². The summed E-state index contributed by atoms with van der Waals surface area (Å²) in [5.74, 6) is -2.15. The molecule has 0 bridgehead atoms. The number of carbonyl (C=O) groups excluding carboxylic acids is 2. The van der Waals surface area contributed by atoms with Gasteiger partial charge in [0.2, 0.25) is 5.91 Å². The molecule has 3 aromatic rings. The molecule has 1 unspecified atom stereocenters. The molecular formula is C23H21N3O4. The summed E-state index contributed by atoms with van der Waals surface area (Å²) >= 11 is 0. The lowest BCUT2D eigenvalue weighted by Crippen LogP contribution is -2.22. The smallest absolute Gasteiger partial charge is 0.340 e. The second-order valence-corrected chi connectivity index (χ2v) is 6.42. The van der Waals surface area contributed by atoms with Crippen LogP contribution in [0.15, 0.2) is 60.8 Å². The summed E-state index contributed by atoms with van der Waals surface area (Å²) in [6.07, 6.45) is 1.58. The third-order valence-electron chi connectivity index (χ3n) is 4.64. The van der Waals surface area contributed by atoms with E-state index in [2.05, 4.69) is 0 Å². The number of rotatable bonds is 7. The summed E-state index contributed by atoms with van der Waals surface area (Å²) in [5.41, 5.74) is 7.81. The number of nitriles is 1. The van der Waals surface area contributed by atoms with Crippen LogP contribution in [0.1, 0.15) is 28.8 Å². The van der Waals surface area contributed by atoms with Crippen molar-refractivity contribution in [1.29, 1.82) is 5.26 Å². The lowest BCUT2D eigenvalue weighted by molar-refractivity contribution is -0.118. The van der Waals surface area contributed by atoms with E-state index in [1.807, 2.05) is 36.4 Å². The van der Waals surface area contributed by atoms with Crippen molar-refractivity contribution in [2.24, 2.45) is 5.73 Å². The Balaban J connectivity index is 2.38. The third-order valence-corrected chi connectivity index (χ3v) is 4.64. The van der Waals surface area contributed by atoms with Crippen LogP contribution < -0.4 is 10.5 Å². The van der Waals surface area contributed by atoms with Gasteiger partial charge in [-0.3, -0.25) is 4.79 Å². The minimum absolute atomic E-state index is 0.122. The van der Waals surface area contributed by atoms with E-state index in [1.165, 1.54) is 0 Å². The zero-order valence-corrected chi connectivity index (χ0v) is 16.7. The van der Waals surface area contributed by atoms with E-state index in [9.17, 15) is 14.9 Å². The molecule has 0 spiro atoms. The van der Waals surface area contributed by atoms with Crippen molar-refractivity contribution >= 4 is 11.9 Å². The number of para-hydroxylation sites is 1. The molecule has 1 aromatic heterocycles. The van der Waals surface area contributed by atoms with Crippen molar-refractivity contribution in [3.8, 4) is 28.8 Å². The van der Waals surface area contributed by atoms with Gasteiger partial charge in [-0.15, -0.1) is 0 Å². The molecule has 0 aliphatic heterocycles. The first kappa shape index (κ1) is 20.7. The van der Waals surface area contributed by atoms with Crippen molar-refractivity contribution in [2.75, 3.05) is 13.7 Å². The zero-order valence-electron chi connectivity index (χ0n) is 16.7. The average Bonchev–Trinajstić information content (AvgIpc) is 3.15. The molecular weight excluding hydrogens is 382 g/mol. The highest BCUT2D eigenvalue weighted by Gasteiger charge is 2.32. The maximum Gasteiger partial charge on any atom is 0.340 e. The fourth-order valence-electron chi connectivity index (χ4n) is 3.29. The number of methoxy groups -OCH3 is 1. The molecule has 30 heavy (non-hydrogen) atoms. The van der Waals surface area contributed by atoms with E-state index in [0.717, 1.165) is 5.69 Å². The molecule has 0 aliphatic carbocycles. The second kappa shape index (κ2) is 8.97. The van der Waals surface area contributed by atoms with Gasteiger partial charge in [0.25, 0.3) is 0 Å². The predicted molar refractivity (Wildman–Crippen MR) is 111 cm³/mol. The van der Waals surface area contributed by atoms with Gasteiger partial charge in [0, 0.05) is 17.4 Å². The number of ether oxygens (including phenoxy) is 2. The number of hydrogen-bond donors (Lipinski definition) is 1. The quantitative estimate of drug-likeness (QED) is 0.608. The Hall–Kier alpha value is -4.05. The van der Waals surface area contributed by atoms with Gasteiger partial charge in [0.1, 0.15) is 5.75 Å². The van der Waals surface area contributed by atoms with E-state index >= 15 is 0 Å². The summed E-state index contributed by atoms with van der Waals surface area (Å²) in [6.45, 7) is 1.84. The number of hydrogen-bond acceptors (Lipinski definition) is 5. The van der Waals surface area contributed by atoms with Crippen LogP contribution in [-0.2, 0) is 9.53 Å². The van der Waals surface area contributed by atoms with Crippen LogP contribution in [0, 0.1) is 11.3 Å². The van der Waals surface area contributed by atoms with Gasteiger partial charge in [-0.2, -0.15) is 5.26 Å². The summed E-state index contributed by atoms with van der Waals surface area (Å²) in [7, 11) is 1.56. The van der Waals surface area contributed by atoms with Gasteiger partial charge in [-0.05, 0) is 48.9 Å². The Morgan fingerprint density at radius 1 is 1.13 bits per heavy atom. The molecule has 2 aromatic carbocycles. The number of nitrogens with two attached hydrogens (primary N) is 1. The first-order chi connectivity index (χ1) is 14.5. The highest BCUT2D eigenvalue weighted by Crippen LogP contribution is 2.37. The van der Waals surface area contributed by atoms with Crippen LogP contribution in [-0.4, -0.2) is 30.2 Å². The van der Waals surface area contributed by atoms with Gasteiger partial charge in [-0.1, -0.05) is 18.2 Å². The average molecular weight is 403 g/mol. The van der Waals surface area contributed by atoms with Crippen molar-refractivity contribution in [3.05, 3.63) is 71.9 Å². The maximum absolute atomic E-state index is 12.7. The fraction of sp³-hybridized carbons (Fsp3) is 0.174. The maximum atomic E-state index is 12.7. The highest BCUT2D eigenvalue weighted by atomic mass is 16.5. The topological polar surface area (TPSA) is 107 Å². The molecule has 0 radical (unpaired) electrons. The van der Waals surface area contributed by atoms with Gasteiger partial charge in [0.05, 0.1) is 31.0 Å². The van der Waals surface area contributed by atoms with Gasteiger partial charge < -0.3 is 19.8 Å². The molecule has 152 valence electrons. The Morgan fingerprint density at radius 3 is 2.33 bits per heavy atom. The number of aromatic nitrogens is 1. The minimum Gasteiger partial charge on any atom is -0.497 e. The Labute approximate surface area is 174 Å². The predicted octanol–water partition coefficient (Wildman–Crippen LogP) is 3.42. The molecule has 3 rings (SSSR count). The molecule has 1 heterocycles. The fourth-order valence-corrected chi connectivity index (χ4v) is 3.29. The van der Waals surface area contributed by atoms with Crippen LogP contribution >= 0.6 is 0 Å². The molecule has 1 atom stereocenters. The highest BCUT2D eigenvalue weighted by molar-refractivity contribution is 5.99. The van der Waals surface area contributed by atoms with Gasteiger partial charge in [-0.25, -0.2) is 4.79 Å². The van der Waals surface area contributed by atoms with Gasteiger partial charge >= 0.3 is 5.97 Å². The molecule has 0 saturated heterocycles. The SMILES string of the molecule is CCOC(=O)c1cn(-c2ccccc2)c(-c2ccc(OC)cc2)c1C(C#N)C(N)=O. The van der Waals surface area contributed by atoms with E-state index in [1.54, 1.807) is 49.1 Å². The zero-order chi connectivity index (χ0) is 21.7. The van der Waals surface area contributed by atoms with Crippen molar-refractivity contribution in [3.63, 3.8) is 0 Å². The standard InChI is InChI=1S/C23H21N3O4/c1-3-30-23(28)19-14-26(16-7-5-4-6-8-16)21(20(19)18(13-24)22(25)27)15-9-11-17(29-2)12-10-15/h4-12,14,18H,3H2,1-2H3,(H2,25,27). The molecule has 1 amide bonds. The monoisotopic (exact) mass is 403 g/mol. The van der Waals surface area contributed by atoms with Crippen LogP contribution in [0.3, 0.4) is 0 Å². The molecule has 0 saturated carbocycles. The Bertz CT molecular complexity index is 1100. The number of esters is 1. The Morgan fingerprint density at radius 2 is 1.80 bits per heavy atom. The second-order valence-electron chi connectivity index (χ2n) is 6.42. The van der Waals surface area contributed by atoms with Crippen LogP contribution in [0.25, 0.3) is 16.9 Å². The summed E-state index contributed by atoms with van der Waals surface area (Å²) in [5, 5.41) is 9.69. The number of primary amides is 1. The first-order valence-electron chi connectivity index (χ1n) is 9.32. The van der Waals surface area contributed by atoms with Gasteiger partial charge in [0.15, 0.2) is 5.92 Å². The lowest BCUT2D eigenvalue weighted by atomic mass is 9.93. The molecule has 7 heteroatoms. The summed E-state index contributed by atoms with van der Waals surface area (Å²) in [6, 6.07) is 18.3. The number of benzene rings is 2. The van der Waals surface area contributed by atoms with Crippen molar-refractivity contribution in [1.82, 2.24) is 4.57 Å². The molecule has 2 N–H and O–H groups in total. The largest absolute Gasteiger partial charge is 0.497 e. The summed E-state index contributed by atoms with van der Waals surface area (Å²) in [4.78, 5) is 24.8. The minimum atomic E-state index is -1.33. The molecule has 0 fully saturated rings. The van der Waals surface area contributed by atoms with Crippen molar-refractivity contribution < 1.29 is 19.1 Å². The third kappa shape index (κ3) is 3.89. The Kier molecular flexibility index (Phi) is 6.18. The first-order valence-corrected chi connectivity index (χ1v) is 9.32. The van der Waals surface area contributed by atoms with Crippen LogP contribution in [0.5, 0.6) is 5.75 Å². The molecule has 0 aliphatic rings. The number of nitrogens with zero attached hydrogens (tertiary/aromatic N) is 2. The van der Waals surface area contributed by atoms with E-state index in [4.69, 9.17) is 15.2 Å². The summed E-state index contributed by atoms with van der Waals surface area (Å²) < 4.78 is 12.2. The number of carbonyl (C=O) groups is 2. The lowest BCUT2D eigenvalue weighted by Gasteiger charge is -2.14.